The molecule has 0 unspecified atom stereocenters. The van der Waals surface area contributed by atoms with Crippen LogP contribution in [0.1, 0.15) is 18.9 Å². The van der Waals surface area contributed by atoms with Crippen LogP contribution >= 0.6 is 11.6 Å². The van der Waals surface area contributed by atoms with Crippen molar-refractivity contribution < 1.29 is 9.90 Å². The van der Waals surface area contributed by atoms with Crippen LogP contribution in [0.4, 0.5) is 0 Å². The first-order valence-electron chi connectivity index (χ1n) is 4.73. The van der Waals surface area contributed by atoms with Gasteiger partial charge in [0.25, 0.3) is 0 Å². The molecule has 1 rings (SSSR count). The van der Waals surface area contributed by atoms with Crippen molar-refractivity contribution >= 4 is 23.5 Å². The van der Waals surface area contributed by atoms with Crippen LogP contribution in [0, 0.1) is 0 Å². The average Bonchev–Trinajstić information content (AvgIpc) is 2.18. The summed E-state index contributed by atoms with van der Waals surface area (Å²) in [4.78, 5) is 11.4. The zero-order valence-electron chi connectivity index (χ0n) is 8.48. The minimum atomic E-state index is -0.657. The smallest absolute Gasteiger partial charge is 0.176 e. The van der Waals surface area contributed by atoms with Crippen molar-refractivity contribution in [2.24, 2.45) is 0 Å². The molecule has 0 aliphatic heterocycles. The van der Waals surface area contributed by atoms with Gasteiger partial charge in [-0.15, -0.1) is 0 Å². The van der Waals surface area contributed by atoms with Crippen LogP contribution in [0.2, 0.25) is 0 Å². The number of aliphatic hydroxyl groups excluding tert-OH is 1. The molecule has 0 heterocycles. The second-order valence-corrected chi connectivity index (χ2v) is 3.79. The largest absolute Gasteiger partial charge is 0.393 e. The van der Waals surface area contributed by atoms with Crippen LogP contribution in [-0.2, 0) is 4.79 Å². The van der Waals surface area contributed by atoms with E-state index in [1.807, 2.05) is 30.3 Å². The molecule has 1 aromatic carbocycles. The predicted octanol–water partition coefficient (Wildman–Crippen LogP) is 2.61. The third-order valence-corrected chi connectivity index (χ3v) is 2.16. The van der Waals surface area contributed by atoms with Gasteiger partial charge in [0, 0.05) is 6.42 Å². The molecule has 15 heavy (non-hydrogen) atoms. The van der Waals surface area contributed by atoms with Crippen molar-refractivity contribution in [2.45, 2.75) is 19.4 Å². The molecule has 1 atom stereocenters. The van der Waals surface area contributed by atoms with E-state index in [0.29, 0.717) is 0 Å². The summed E-state index contributed by atoms with van der Waals surface area (Å²) in [6, 6.07) is 9.35. The predicted molar refractivity (Wildman–Crippen MR) is 61.6 cm³/mol. The third kappa shape index (κ3) is 4.28. The molecular weight excluding hydrogens is 212 g/mol. The van der Waals surface area contributed by atoms with Crippen LogP contribution < -0.4 is 0 Å². The van der Waals surface area contributed by atoms with Gasteiger partial charge < -0.3 is 5.11 Å². The Kier molecular flexibility index (Phi) is 4.53. The number of allylic oxidation sites excluding steroid dienone is 1. The van der Waals surface area contributed by atoms with E-state index < -0.39 is 6.10 Å². The maximum atomic E-state index is 11.4. The molecule has 0 radical (unpaired) electrons. The Balaban J connectivity index is 2.72. The van der Waals surface area contributed by atoms with Crippen LogP contribution in [0.3, 0.4) is 0 Å². The van der Waals surface area contributed by atoms with Crippen LogP contribution in [0.15, 0.2) is 35.4 Å². The molecule has 0 aliphatic rings. The SMILES string of the molecule is C[C@@H](O)CC(=O)/C(Cl)=C/c1ccccc1. The highest BCUT2D eigenvalue weighted by Gasteiger charge is 2.09. The van der Waals surface area contributed by atoms with E-state index in [4.69, 9.17) is 16.7 Å². The van der Waals surface area contributed by atoms with E-state index in [1.165, 1.54) is 0 Å². The lowest BCUT2D eigenvalue weighted by atomic mass is 10.1. The Morgan fingerprint density at radius 1 is 1.47 bits per heavy atom. The van der Waals surface area contributed by atoms with Gasteiger partial charge in [-0.2, -0.15) is 0 Å². The molecular formula is C12H13ClO2. The zero-order valence-corrected chi connectivity index (χ0v) is 9.24. The van der Waals surface area contributed by atoms with E-state index in [-0.39, 0.29) is 17.2 Å². The normalized spacial score (nSPS) is 13.7. The molecule has 0 saturated heterocycles. The number of carbonyl (C=O) groups excluding carboxylic acids is 1. The number of Topliss-reactive ketones (excluding diaryl/α,β-unsaturated/α-hetero) is 1. The van der Waals surface area contributed by atoms with Crippen molar-refractivity contribution in [3.8, 4) is 0 Å². The fourth-order valence-corrected chi connectivity index (χ4v) is 1.35. The van der Waals surface area contributed by atoms with Gasteiger partial charge in [0.05, 0.1) is 11.1 Å². The Hall–Kier alpha value is -1.12. The highest BCUT2D eigenvalue weighted by atomic mass is 35.5. The molecule has 0 aromatic heterocycles. The summed E-state index contributed by atoms with van der Waals surface area (Å²) in [5, 5.41) is 9.19. The Bertz CT molecular complexity index is 355. The summed E-state index contributed by atoms with van der Waals surface area (Å²) in [5.74, 6) is -0.240. The monoisotopic (exact) mass is 224 g/mol. The highest BCUT2D eigenvalue weighted by molar-refractivity contribution is 6.44. The number of hydrogen-bond acceptors (Lipinski definition) is 2. The second-order valence-electron chi connectivity index (χ2n) is 3.38. The molecule has 3 heteroatoms. The fourth-order valence-electron chi connectivity index (χ4n) is 1.14. The van der Waals surface area contributed by atoms with Crippen molar-refractivity contribution in [2.75, 3.05) is 0 Å². The van der Waals surface area contributed by atoms with Gasteiger partial charge in [-0.1, -0.05) is 41.9 Å². The number of aliphatic hydroxyl groups is 1. The Morgan fingerprint density at radius 2 is 2.07 bits per heavy atom. The fraction of sp³-hybridized carbons (Fsp3) is 0.250. The molecule has 0 aliphatic carbocycles. The van der Waals surface area contributed by atoms with Gasteiger partial charge in [-0.25, -0.2) is 0 Å². The van der Waals surface area contributed by atoms with Crippen molar-refractivity contribution in [1.29, 1.82) is 0 Å². The minimum Gasteiger partial charge on any atom is -0.393 e. The number of rotatable bonds is 4. The molecule has 0 fully saturated rings. The number of halogens is 1. The molecule has 0 saturated carbocycles. The quantitative estimate of drug-likeness (QED) is 0.799. The topological polar surface area (TPSA) is 37.3 Å². The van der Waals surface area contributed by atoms with Gasteiger partial charge in [0.1, 0.15) is 0 Å². The number of ketones is 1. The molecule has 1 aromatic rings. The summed E-state index contributed by atoms with van der Waals surface area (Å²) >= 11 is 5.81. The van der Waals surface area contributed by atoms with Gasteiger partial charge in [-0.3, -0.25) is 4.79 Å². The lowest BCUT2D eigenvalue weighted by Gasteiger charge is -2.01. The third-order valence-electron chi connectivity index (χ3n) is 1.84. The summed E-state index contributed by atoms with van der Waals surface area (Å²) in [6.07, 6.45) is 1.00. The lowest BCUT2D eigenvalue weighted by Crippen LogP contribution is -2.09. The van der Waals surface area contributed by atoms with Crippen molar-refractivity contribution in [3.05, 3.63) is 40.9 Å². The molecule has 80 valence electrons. The maximum absolute atomic E-state index is 11.4. The van der Waals surface area contributed by atoms with E-state index in [1.54, 1.807) is 13.0 Å². The Labute approximate surface area is 94.2 Å². The second kappa shape index (κ2) is 5.69. The summed E-state index contributed by atoms with van der Waals surface area (Å²) in [5.41, 5.74) is 0.876. The van der Waals surface area contributed by atoms with Crippen molar-refractivity contribution in [1.82, 2.24) is 0 Å². The summed E-state index contributed by atoms with van der Waals surface area (Å²) in [6.45, 7) is 1.56. The standard InChI is InChI=1S/C12H13ClO2/c1-9(14)7-12(15)11(13)8-10-5-3-2-4-6-10/h2-6,8-9,14H,7H2,1H3/b11-8-/t9-/m1/s1. The van der Waals surface area contributed by atoms with Gasteiger partial charge in [-0.05, 0) is 18.6 Å². The van der Waals surface area contributed by atoms with E-state index in [0.717, 1.165) is 5.56 Å². The first-order chi connectivity index (χ1) is 7.09. The molecule has 2 nitrogen and oxygen atoms in total. The van der Waals surface area contributed by atoms with Crippen LogP contribution in [0.25, 0.3) is 6.08 Å². The summed E-state index contributed by atoms with van der Waals surface area (Å²) < 4.78 is 0. The Morgan fingerprint density at radius 3 is 2.60 bits per heavy atom. The number of carbonyl (C=O) groups is 1. The van der Waals surface area contributed by atoms with E-state index >= 15 is 0 Å². The van der Waals surface area contributed by atoms with Crippen molar-refractivity contribution in [3.63, 3.8) is 0 Å². The van der Waals surface area contributed by atoms with Gasteiger partial charge >= 0.3 is 0 Å². The molecule has 0 bridgehead atoms. The lowest BCUT2D eigenvalue weighted by molar-refractivity contribution is -0.116. The van der Waals surface area contributed by atoms with Crippen LogP contribution in [0.5, 0.6) is 0 Å². The highest BCUT2D eigenvalue weighted by Crippen LogP contribution is 2.13. The maximum Gasteiger partial charge on any atom is 0.176 e. The molecule has 1 N–H and O–H groups in total. The zero-order chi connectivity index (χ0) is 11.3. The molecule has 0 spiro atoms. The van der Waals surface area contributed by atoms with E-state index in [9.17, 15) is 4.79 Å². The molecule has 0 amide bonds. The average molecular weight is 225 g/mol. The van der Waals surface area contributed by atoms with Crippen LogP contribution in [-0.4, -0.2) is 17.0 Å². The van der Waals surface area contributed by atoms with Gasteiger partial charge in [0.15, 0.2) is 5.78 Å². The van der Waals surface area contributed by atoms with E-state index in [2.05, 4.69) is 0 Å². The number of hydrogen-bond donors (Lipinski definition) is 1. The first-order valence-corrected chi connectivity index (χ1v) is 5.11. The number of benzene rings is 1. The van der Waals surface area contributed by atoms with Gasteiger partial charge in [0.2, 0.25) is 0 Å². The minimum absolute atomic E-state index is 0.0577. The first kappa shape index (κ1) is 12.0. The summed E-state index contributed by atoms with van der Waals surface area (Å²) in [7, 11) is 0.